The molecule has 4 atom stereocenters. The maximum absolute atomic E-state index is 4.68. The van der Waals surface area contributed by atoms with Gasteiger partial charge in [-0.1, -0.05) is 20.8 Å². The minimum absolute atomic E-state index is 0.467. The van der Waals surface area contributed by atoms with E-state index in [-0.39, 0.29) is 0 Å². The van der Waals surface area contributed by atoms with Crippen LogP contribution in [-0.2, 0) is 0 Å². The van der Waals surface area contributed by atoms with Crippen LogP contribution in [0.4, 0.5) is 0 Å². The van der Waals surface area contributed by atoms with Crippen molar-refractivity contribution >= 4 is 17.4 Å². The number of hydrogen-bond acceptors (Lipinski definition) is 2. The lowest BCUT2D eigenvalue weighted by molar-refractivity contribution is -0.108. The number of hydrogen-bond donors (Lipinski definition) is 0. The van der Waals surface area contributed by atoms with Gasteiger partial charge in [-0.15, -0.1) is 0 Å². The van der Waals surface area contributed by atoms with Gasteiger partial charge in [-0.2, -0.15) is 0 Å². The third-order valence-electron chi connectivity index (χ3n) is 4.53. The summed E-state index contributed by atoms with van der Waals surface area (Å²) in [7, 11) is 0. The van der Waals surface area contributed by atoms with Gasteiger partial charge in [0.1, 0.15) is 0 Å². The molecule has 0 heterocycles. The van der Waals surface area contributed by atoms with Crippen molar-refractivity contribution in [1.29, 1.82) is 0 Å². The van der Waals surface area contributed by atoms with E-state index >= 15 is 0 Å². The summed E-state index contributed by atoms with van der Waals surface area (Å²) in [5.41, 5.74) is 0.562. The van der Waals surface area contributed by atoms with Gasteiger partial charge in [0.2, 0.25) is 0 Å². The average Bonchev–Trinajstić information content (AvgIpc) is 2.08. The van der Waals surface area contributed by atoms with Crippen LogP contribution >= 0.6 is 12.2 Å². The lowest BCUT2D eigenvalue weighted by Crippen LogP contribution is -2.56. The molecule has 1 nitrogen and oxygen atoms in total. The number of fused-ring (bicyclic) bond motifs is 2. The quantitative estimate of drug-likeness (QED) is 0.462. The Balaban J connectivity index is 2.16. The molecule has 3 saturated carbocycles. The Morgan fingerprint density at radius 1 is 1.38 bits per heavy atom. The van der Waals surface area contributed by atoms with E-state index in [1.165, 1.54) is 12.8 Å². The fraction of sp³-hybridized carbons (Fsp3) is 0.909. The fourth-order valence-electron chi connectivity index (χ4n) is 3.36. The van der Waals surface area contributed by atoms with Gasteiger partial charge in [0.15, 0.2) is 0 Å². The van der Waals surface area contributed by atoms with E-state index in [0.717, 1.165) is 11.8 Å². The van der Waals surface area contributed by atoms with Gasteiger partial charge >= 0.3 is 0 Å². The maximum Gasteiger partial charge on any atom is 0.0634 e. The van der Waals surface area contributed by atoms with Gasteiger partial charge in [-0.3, -0.25) is 0 Å². The molecule has 3 aliphatic carbocycles. The monoisotopic (exact) mass is 195 g/mol. The lowest BCUT2D eigenvalue weighted by atomic mass is 9.45. The molecule has 0 unspecified atom stereocenters. The second-order valence-corrected chi connectivity index (χ2v) is 5.43. The lowest BCUT2D eigenvalue weighted by Gasteiger charge is -2.61. The molecule has 2 bridgehead atoms. The van der Waals surface area contributed by atoms with E-state index in [2.05, 4.69) is 43.1 Å². The fourth-order valence-corrected chi connectivity index (χ4v) is 3.50. The molecule has 0 radical (unpaired) electrons. The molecule has 0 aliphatic heterocycles. The highest BCUT2D eigenvalue weighted by Gasteiger charge is 2.56. The molecule has 0 amide bonds. The van der Waals surface area contributed by atoms with Crippen molar-refractivity contribution in [3.8, 4) is 0 Å². The van der Waals surface area contributed by atoms with Gasteiger partial charge in [0, 0.05) is 0 Å². The van der Waals surface area contributed by atoms with E-state index in [0.29, 0.717) is 17.4 Å². The van der Waals surface area contributed by atoms with E-state index in [4.69, 9.17) is 0 Å². The highest BCUT2D eigenvalue weighted by molar-refractivity contribution is 7.78. The molecule has 0 spiro atoms. The van der Waals surface area contributed by atoms with Gasteiger partial charge in [-0.25, -0.2) is 4.99 Å². The minimum Gasteiger partial charge on any atom is -0.229 e. The molecule has 0 saturated heterocycles. The van der Waals surface area contributed by atoms with Crippen LogP contribution in [0, 0.1) is 23.2 Å². The highest BCUT2D eigenvalue weighted by atomic mass is 32.1. The summed E-state index contributed by atoms with van der Waals surface area (Å²) < 4.78 is 0. The number of thiocarbonyl (C=S) groups is 1. The van der Waals surface area contributed by atoms with Crippen molar-refractivity contribution in [2.45, 2.75) is 39.7 Å². The zero-order chi connectivity index (χ0) is 9.64. The summed E-state index contributed by atoms with van der Waals surface area (Å²) >= 11 is 4.68. The first-order chi connectivity index (χ1) is 6.07. The predicted octanol–water partition coefficient (Wildman–Crippen LogP) is 3.16. The van der Waals surface area contributed by atoms with Crippen molar-refractivity contribution in [3.05, 3.63) is 0 Å². The standard InChI is InChI=1S/C11H17NS/c1-7-9-4-8(11(9,2)3)5-10(7)12-6-13/h7-10H,4-5H2,1-3H3/t7-,8+,9-,10-/m1/s1. The van der Waals surface area contributed by atoms with Crippen LogP contribution < -0.4 is 0 Å². The Morgan fingerprint density at radius 3 is 2.54 bits per heavy atom. The average molecular weight is 195 g/mol. The molecular formula is C11H17NS. The van der Waals surface area contributed by atoms with Crippen molar-refractivity contribution in [2.75, 3.05) is 0 Å². The predicted molar refractivity (Wildman–Crippen MR) is 58.0 cm³/mol. The van der Waals surface area contributed by atoms with Crippen LogP contribution in [-0.4, -0.2) is 11.2 Å². The van der Waals surface area contributed by atoms with Crippen molar-refractivity contribution in [3.63, 3.8) is 0 Å². The summed E-state index contributed by atoms with van der Waals surface area (Å²) in [5, 5.41) is 2.54. The summed E-state index contributed by atoms with van der Waals surface area (Å²) in [4.78, 5) is 4.28. The van der Waals surface area contributed by atoms with Crippen LogP contribution in [0.25, 0.3) is 0 Å². The van der Waals surface area contributed by atoms with E-state index < -0.39 is 0 Å². The van der Waals surface area contributed by atoms with Gasteiger partial charge in [-0.05, 0) is 48.2 Å². The molecule has 0 N–H and O–H groups in total. The molecule has 2 heteroatoms. The smallest absolute Gasteiger partial charge is 0.0634 e. The first-order valence-electron chi connectivity index (χ1n) is 5.14. The van der Waals surface area contributed by atoms with Crippen molar-refractivity contribution in [2.24, 2.45) is 28.2 Å². The molecule has 0 aromatic carbocycles. The summed E-state index contributed by atoms with van der Waals surface area (Å²) in [6, 6.07) is 0.467. The topological polar surface area (TPSA) is 12.4 Å². The largest absolute Gasteiger partial charge is 0.229 e. The van der Waals surface area contributed by atoms with Crippen molar-refractivity contribution < 1.29 is 0 Å². The first kappa shape index (κ1) is 9.36. The number of nitrogens with zero attached hydrogens (tertiary/aromatic N) is 1. The molecule has 13 heavy (non-hydrogen) atoms. The number of isothiocyanates is 1. The van der Waals surface area contributed by atoms with Gasteiger partial charge in [0.05, 0.1) is 11.2 Å². The van der Waals surface area contributed by atoms with Gasteiger partial charge < -0.3 is 0 Å². The molecular weight excluding hydrogens is 178 g/mol. The first-order valence-corrected chi connectivity index (χ1v) is 5.55. The Labute approximate surface area is 85.6 Å². The summed E-state index contributed by atoms with van der Waals surface area (Å²) in [6.45, 7) is 7.13. The van der Waals surface area contributed by atoms with E-state index in [1.54, 1.807) is 0 Å². The molecule has 3 fully saturated rings. The molecule has 3 aliphatic rings. The van der Waals surface area contributed by atoms with Crippen LogP contribution in [0.5, 0.6) is 0 Å². The Hall–Kier alpha value is -0.200. The molecule has 72 valence electrons. The summed E-state index contributed by atoms with van der Waals surface area (Å²) in [6.07, 6.45) is 2.64. The highest BCUT2D eigenvalue weighted by Crippen LogP contribution is 2.61. The third-order valence-corrected chi connectivity index (χ3v) is 4.64. The van der Waals surface area contributed by atoms with E-state index in [9.17, 15) is 0 Å². The Morgan fingerprint density at radius 2 is 2.08 bits per heavy atom. The SMILES string of the molecule is C[C@@H]1[C@H]2C[C@@H](C[C@H]1N=C=S)C2(C)C. The van der Waals surface area contributed by atoms with Crippen LogP contribution in [0.3, 0.4) is 0 Å². The molecule has 0 aromatic rings. The molecule has 0 aromatic heterocycles. The van der Waals surface area contributed by atoms with E-state index in [1.807, 2.05) is 0 Å². The zero-order valence-corrected chi connectivity index (χ0v) is 9.40. The van der Waals surface area contributed by atoms with Crippen LogP contribution in [0.1, 0.15) is 33.6 Å². The maximum atomic E-state index is 4.68. The Bertz CT molecular complexity index is 265. The Kier molecular flexibility index (Phi) is 2.08. The van der Waals surface area contributed by atoms with Gasteiger partial charge in [0.25, 0.3) is 0 Å². The number of rotatable bonds is 1. The second kappa shape index (κ2) is 2.90. The zero-order valence-electron chi connectivity index (χ0n) is 8.58. The number of aliphatic imine (C=N–C) groups is 1. The van der Waals surface area contributed by atoms with Crippen LogP contribution in [0.2, 0.25) is 0 Å². The normalized spacial score (nSPS) is 46.1. The second-order valence-electron chi connectivity index (χ2n) is 5.24. The summed E-state index contributed by atoms with van der Waals surface area (Å²) in [5.74, 6) is 2.45. The van der Waals surface area contributed by atoms with Crippen LogP contribution in [0.15, 0.2) is 4.99 Å². The third kappa shape index (κ3) is 1.19. The van der Waals surface area contributed by atoms with Crippen molar-refractivity contribution in [1.82, 2.24) is 0 Å². The molecule has 3 rings (SSSR count). The minimum atomic E-state index is 0.467.